The molecule has 0 unspecified atom stereocenters. The number of carboxylic acids is 1. The van der Waals surface area contributed by atoms with Gasteiger partial charge in [-0.1, -0.05) is 17.7 Å². The highest BCUT2D eigenvalue weighted by atomic mass is 35.5. The van der Waals surface area contributed by atoms with Crippen LogP contribution in [0.5, 0.6) is 0 Å². The van der Waals surface area contributed by atoms with Gasteiger partial charge in [-0.15, -0.1) is 11.8 Å². The summed E-state index contributed by atoms with van der Waals surface area (Å²) in [6, 6.07) is 10.3. The Balaban J connectivity index is 2.03. The predicted octanol–water partition coefficient (Wildman–Crippen LogP) is 4.39. The van der Waals surface area contributed by atoms with Crippen LogP contribution >= 0.6 is 23.4 Å². The smallest absolute Gasteiger partial charge is 0.337 e. The Morgan fingerprint density at radius 3 is 2.52 bits per heavy atom. The van der Waals surface area contributed by atoms with Crippen LogP contribution < -0.4 is 5.32 Å². The topological polar surface area (TPSA) is 66.4 Å². The number of hydrogen-bond donors (Lipinski definition) is 2. The minimum Gasteiger partial charge on any atom is -0.478 e. The van der Waals surface area contributed by atoms with Crippen LogP contribution in [0.1, 0.15) is 21.5 Å². The van der Waals surface area contributed by atoms with Crippen molar-refractivity contribution in [3.63, 3.8) is 0 Å². The van der Waals surface area contributed by atoms with E-state index in [0.717, 1.165) is 4.90 Å². The van der Waals surface area contributed by atoms with Crippen LogP contribution in [-0.2, 0) is 4.79 Å². The maximum atomic E-state index is 12.1. The van der Waals surface area contributed by atoms with Gasteiger partial charge >= 0.3 is 5.97 Å². The van der Waals surface area contributed by atoms with E-state index in [1.54, 1.807) is 0 Å². The van der Waals surface area contributed by atoms with E-state index in [1.807, 2.05) is 32.0 Å². The van der Waals surface area contributed by atoms with Gasteiger partial charge in [0.25, 0.3) is 0 Å². The van der Waals surface area contributed by atoms with Crippen molar-refractivity contribution in [2.45, 2.75) is 18.7 Å². The second-order valence-corrected chi connectivity index (χ2v) is 6.56. The second kappa shape index (κ2) is 7.53. The maximum Gasteiger partial charge on any atom is 0.337 e. The standard InChI is InChI=1S/C17H16ClNO3S/c1-10-3-5-13(7-11(10)2)23-9-16(20)19-15-8-12(18)4-6-14(15)17(21)22/h3-8H,9H2,1-2H3,(H,19,20)(H,21,22). The van der Waals surface area contributed by atoms with E-state index in [9.17, 15) is 9.59 Å². The van der Waals surface area contributed by atoms with Gasteiger partial charge in [0.15, 0.2) is 0 Å². The second-order valence-electron chi connectivity index (χ2n) is 5.08. The molecule has 2 aromatic carbocycles. The third-order valence-electron chi connectivity index (χ3n) is 3.33. The molecule has 0 atom stereocenters. The zero-order valence-corrected chi connectivity index (χ0v) is 14.3. The largest absolute Gasteiger partial charge is 0.478 e. The molecule has 0 radical (unpaired) electrons. The predicted molar refractivity (Wildman–Crippen MR) is 93.7 cm³/mol. The van der Waals surface area contributed by atoms with Gasteiger partial charge in [0.2, 0.25) is 5.91 Å². The summed E-state index contributed by atoms with van der Waals surface area (Å²) in [5, 5.41) is 12.1. The van der Waals surface area contributed by atoms with Crippen molar-refractivity contribution in [3.8, 4) is 0 Å². The van der Waals surface area contributed by atoms with Crippen molar-refractivity contribution < 1.29 is 14.7 Å². The molecule has 0 aliphatic rings. The maximum absolute atomic E-state index is 12.1. The molecular weight excluding hydrogens is 334 g/mol. The number of aryl methyl sites for hydroxylation is 2. The number of hydrogen-bond acceptors (Lipinski definition) is 3. The van der Waals surface area contributed by atoms with Gasteiger partial charge in [-0.3, -0.25) is 4.79 Å². The molecule has 0 aliphatic heterocycles. The molecule has 0 aliphatic carbocycles. The van der Waals surface area contributed by atoms with Gasteiger partial charge in [0.1, 0.15) is 0 Å². The van der Waals surface area contributed by atoms with E-state index in [0.29, 0.717) is 5.02 Å². The molecule has 2 N–H and O–H groups in total. The van der Waals surface area contributed by atoms with E-state index >= 15 is 0 Å². The number of nitrogens with one attached hydrogen (secondary N) is 1. The van der Waals surface area contributed by atoms with E-state index < -0.39 is 5.97 Å². The van der Waals surface area contributed by atoms with Crippen molar-refractivity contribution in [1.82, 2.24) is 0 Å². The monoisotopic (exact) mass is 349 g/mol. The summed E-state index contributed by atoms with van der Waals surface area (Å²) in [5.74, 6) is -1.20. The van der Waals surface area contributed by atoms with E-state index in [1.165, 1.54) is 41.1 Å². The molecular formula is C17H16ClNO3S. The Morgan fingerprint density at radius 2 is 1.87 bits per heavy atom. The van der Waals surface area contributed by atoms with Crippen molar-refractivity contribution in [2.24, 2.45) is 0 Å². The summed E-state index contributed by atoms with van der Waals surface area (Å²) in [7, 11) is 0. The first-order chi connectivity index (χ1) is 10.9. The van der Waals surface area contributed by atoms with Gasteiger partial charge in [-0.2, -0.15) is 0 Å². The SMILES string of the molecule is Cc1ccc(SCC(=O)Nc2cc(Cl)ccc2C(=O)O)cc1C. The lowest BCUT2D eigenvalue weighted by Gasteiger charge is -2.09. The van der Waals surface area contributed by atoms with Crippen LogP contribution in [0.25, 0.3) is 0 Å². The number of rotatable bonds is 5. The Labute approximate surface area is 143 Å². The minimum absolute atomic E-state index is 0.0129. The number of thioether (sulfide) groups is 1. The summed E-state index contributed by atoms with van der Waals surface area (Å²) >= 11 is 7.26. The molecule has 2 aromatic rings. The van der Waals surface area contributed by atoms with Crippen molar-refractivity contribution in [3.05, 3.63) is 58.1 Å². The van der Waals surface area contributed by atoms with Crippen molar-refractivity contribution in [2.75, 3.05) is 11.1 Å². The fraction of sp³-hybridized carbons (Fsp3) is 0.176. The molecule has 0 saturated heterocycles. The lowest BCUT2D eigenvalue weighted by molar-refractivity contribution is -0.113. The average molecular weight is 350 g/mol. The third kappa shape index (κ3) is 4.74. The summed E-state index contributed by atoms with van der Waals surface area (Å²) < 4.78 is 0. The first-order valence-electron chi connectivity index (χ1n) is 6.89. The minimum atomic E-state index is -1.11. The van der Waals surface area contributed by atoms with Crippen LogP contribution in [-0.4, -0.2) is 22.7 Å². The zero-order valence-electron chi connectivity index (χ0n) is 12.7. The van der Waals surface area contributed by atoms with E-state index in [4.69, 9.17) is 16.7 Å². The first-order valence-corrected chi connectivity index (χ1v) is 8.26. The van der Waals surface area contributed by atoms with Crippen LogP contribution in [0.15, 0.2) is 41.3 Å². The molecule has 0 saturated carbocycles. The van der Waals surface area contributed by atoms with Gasteiger partial charge in [0.05, 0.1) is 17.0 Å². The highest BCUT2D eigenvalue weighted by Crippen LogP contribution is 2.23. The molecule has 0 fully saturated rings. The molecule has 0 bridgehead atoms. The summed E-state index contributed by atoms with van der Waals surface area (Å²) in [6.45, 7) is 4.05. The number of anilines is 1. The Bertz CT molecular complexity index is 761. The fourth-order valence-corrected chi connectivity index (χ4v) is 2.91. The summed E-state index contributed by atoms with van der Waals surface area (Å²) in [5.41, 5.74) is 2.58. The number of halogens is 1. The van der Waals surface area contributed by atoms with E-state index in [2.05, 4.69) is 5.32 Å². The number of carboxylic acid groups (broad SMARTS) is 1. The van der Waals surface area contributed by atoms with Crippen LogP contribution in [0.4, 0.5) is 5.69 Å². The zero-order chi connectivity index (χ0) is 17.0. The summed E-state index contributed by atoms with van der Waals surface area (Å²) in [4.78, 5) is 24.2. The normalized spacial score (nSPS) is 10.4. The van der Waals surface area contributed by atoms with Crippen LogP contribution in [0.3, 0.4) is 0 Å². The lowest BCUT2D eigenvalue weighted by Crippen LogP contribution is -2.16. The molecule has 2 rings (SSSR count). The first kappa shape index (κ1) is 17.4. The Kier molecular flexibility index (Phi) is 5.69. The molecule has 23 heavy (non-hydrogen) atoms. The Hall–Kier alpha value is -1.98. The molecule has 0 aromatic heterocycles. The van der Waals surface area contributed by atoms with Crippen LogP contribution in [0, 0.1) is 13.8 Å². The highest BCUT2D eigenvalue weighted by Gasteiger charge is 2.13. The molecule has 0 spiro atoms. The highest BCUT2D eigenvalue weighted by molar-refractivity contribution is 8.00. The van der Waals surface area contributed by atoms with Gasteiger partial charge in [-0.05, 0) is 55.3 Å². The van der Waals surface area contributed by atoms with E-state index in [-0.39, 0.29) is 22.9 Å². The quantitative estimate of drug-likeness (QED) is 0.786. The Morgan fingerprint density at radius 1 is 1.13 bits per heavy atom. The fourth-order valence-electron chi connectivity index (χ4n) is 1.95. The van der Waals surface area contributed by atoms with Crippen molar-refractivity contribution >= 4 is 40.9 Å². The molecule has 0 heterocycles. The number of benzene rings is 2. The average Bonchev–Trinajstić information content (AvgIpc) is 2.48. The molecule has 1 amide bonds. The molecule has 4 nitrogen and oxygen atoms in total. The lowest BCUT2D eigenvalue weighted by atomic mass is 10.1. The molecule has 120 valence electrons. The van der Waals surface area contributed by atoms with Gasteiger partial charge in [-0.25, -0.2) is 4.79 Å². The number of carbonyl (C=O) groups excluding carboxylic acids is 1. The number of aromatic carboxylic acids is 1. The number of carbonyl (C=O) groups is 2. The third-order valence-corrected chi connectivity index (χ3v) is 4.56. The molecule has 6 heteroatoms. The van der Waals surface area contributed by atoms with Crippen molar-refractivity contribution in [1.29, 1.82) is 0 Å². The summed E-state index contributed by atoms with van der Waals surface area (Å²) in [6.07, 6.45) is 0. The number of amides is 1. The van der Waals surface area contributed by atoms with Gasteiger partial charge < -0.3 is 10.4 Å². The van der Waals surface area contributed by atoms with Crippen LogP contribution in [0.2, 0.25) is 5.02 Å². The van der Waals surface area contributed by atoms with Gasteiger partial charge in [0, 0.05) is 9.92 Å².